The molecule has 0 unspecified atom stereocenters. The Balaban J connectivity index is 2.91. The predicted octanol–water partition coefficient (Wildman–Crippen LogP) is 2.99. The molecule has 0 aliphatic rings. The molecule has 0 radical (unpaired) electrons. The SMILES string of the molecule is C=C=CO[C@H](c1ccccc1)[C@@H](C)N(C)C. The maximum atomic E-state index is 5.66. The van der Waals surface area contributed by atoms with Crippen molar-refractivity contribution in [3.63, 3.8) is 0 Å². The fraction of sp³-hybridized carbons (Fsp3) is 0.357. The summed E-state index contributed by atoms with van der Waals surface area (Å²) in [5.74, 6) is 0. The molecule has 0 fully saturated rings. The molecule has 16 heavy (non-hydrogen) atoms. The van der Waals surface area contributed by atoms with E-state index in [0.717, 1.165) is 5.56 Å². The number of hydrogen-bond donors (Lipinski definition) is 0. The van der Waals surface area contributed by atoms with E-state index in [-0.39, 0.29) is 12.1 Å². The summed E-state index contributed by atoms with van der Waals surface area (Å²) in [5.41, 5.74) is 3.81. The molecule has 1 aromatic carbocycles. The van der Waals surface area contributed by atoms with Gasteiger partial charge in [-0.3, -0.25) is 0 Å². The molecule has 0 saturated carbocycles. The molecule has 2 heteroatoms. The summed E-state index contributed by atoms with van der Waals surface area (Å²) in [6, 6.07) is 10.5. The van der Waals surface area contributed by atoms with E-state index in [1.165, 1.54) is 6.26 Å². The van der Waals surface area contributed by atoms with E-state index in [1.54, 1.807) is 0 Å². The van der Waals surface area contributed by atoms with Gasteiger partial charge in [-0.1, -0.05) is 42.6 Å². The zero-order valence-corrected chi connectivity index (χ0v) is 10.2. The number of nitrogens with zero attached hydrogens (tertiary/aromatic N) is 1. The number of rotatable bonds is 5. The number of likely N-dealkylation sites (N-methyl/N-ethyl adjacent to an activating group) is 1. The van der Waals surface area contributed by atoms with Gasteiger partial charge in [0.2, 0.25) is 0 Å². The van der Waals surface area contributed by atoms with Crippen LogP contribution in [-0.4, -0.2) is 25.0 Å². The highest BCUT2D eigenvalue weighted by Gasteiger charge is 2.21. The van der Waals surface area contributed by atoms with Crippen LogP contribution in [0.1, 0.15) is 18.6 Å². The summed E-state index contributed by atoms with van der Waals surface area (Å²) in [5, 5.41) is 0. The molecule has 0 aromatic heterocycles. The monoisotopic (exact) mass is 217 g/mol. The van der Waals surface area contributed by atoms with Crippen LogP contribution in [0.2, 0.25) is 0 Å². The lowest BCUT2D eigenvalue weighted by Crippen LogP contribution is -2.31. The van der Waals surface area contributed by atoms with Gasteiger partial charge < -0.3 is 9.64 Å². The van der Waals surface area contributed by atoms with Crippen LogP contribution in [0.4, 0.5) is 0 Å². The van der Waals surface area contributed by atoms with E-state index in [2.05, 4.69) is 36.3 Å². The first-order valence-corrected chi connectivity index (χ1v) is 5.38. The van der Waals surface area contributed by atoms with Crippen molar-refractivity contribution in [2.24, 2.45) is 0 Å². The fourth-order valence-electron chi connectivity index (χ4n) is 1.51. The highest BCUT2D eigenvalue weighted by molar-refractivity contribution is 5.19. The average molecular weight is 217 g/mol. The highest BCUT2D eigenvalue weighted by Crippen LogP contribution is 2.23. The van der Waals surface area contributed by atoms with Gasteiger partial charge >= 0.3 is 0 Å². The van der Waals surface area contributed by atoms with E-state index >= 15 is 0 Å². The second-order valence-electron chi connectivity index (χ2n) is 3.99. The molecule has 86 valence electrons. The Morgan fingerprint density at radius 3 is 2.44 bits per heavy atom. The average Bonchev–Trinajstić information content (AvgIpc) is 2.30. The zero-order chi connectivity index (χ0) is 12.0. The third-order valence-electron chi connectivity index (χ3n) is 2.68. The molecule has 0 aliphatic heterocycles. The summed E-state index contributed by atoms with van der Waals surface area (Å²) >= 11 is 0. The van der Waals surface area contributed by atoms with Gasteiger partial charge in [0, 0.05) is 6.04 Å². The van der Waals surface area contributed by atoms with Crippen LogP contribution in [0.3, 0.4) is 0 Å². The largest absolute Gasteiger partial charge is 0.484 e. The van der Waals surface area contributed by atoms with Gasteiger partial charge in [0.15, 0.2) is 0 Å². The maximum Gasteiger partial charge on any atom is 0.139 e. The molecule has 0 aliphatic carbocycles. The Kier molecular flexibility index (Phi) is 4.84. The van der Waals surface area contributed by atoms with Crippen LogP contribution in [0, 0.1) is 0 Å². The van der Waals surface area contributed by atoms with Crippen molar-refractivity contribution in [1.82, 2.24) is 4.90 Å². The van der Waals surface area contributed by atoms with Crippen LogP contribution in [0.5, 0.6) is 0 Å². The molecular weight excluding hydrogens is 198 g/mol. The van der Waals surface area contributed by atoms with Crippen molar-refractivity contribution in [2.45, 2.75) is 19.1 Å². The third kappa shape index (κ3) is 3.27. The third-order valence-corrected chi connectivity index (χ3v) is 2.68. The lowest BCUT2D eigenvalue weighted by Gasteiger charge is -2.28. The molecule has 2 nitrogen and oxygen atoms in total. The predicted molar refractivity (Wildman–Crippen MR) is 67.1 cm³/mol. The molecule has 2 atom stereocenters. The summed E-state index contributed by atoms with van der Waals surface area (Å²) in [6.07, 6.45) is 1.53. The highest BCUT2D eigenvalue weighted by atomic mass is 16.5. The Morgan fingerprint density at radius 1 is 1.31 bits per heavy atom. The van der Waals surface area contributed by atoms with Gasteiger partial charge in [0.05, 0.1) is 0 Å². The zero-order valence-electron chi connectivity index (χ0n) is 10.2. The lowest BCUT2D eigenvalue weighted by molar-refractivity contribution is 0.0683. The quantitative estimate of drug-likeness (QED) is 0.555. The van der Waals surface area contributed by atoms with E-state index in [1.807, 2.05) is 32.3 Å². The maximum absolute atomic E-state index is 5.66. The molecule has 1 rings (SSSR count). The molecular formula is C14H19NO. The van der Waals surface area contributed by atoms with Crippen molar-refractivity contribution >= 4 is 0 Å². The van der Waals surface area contributed by atoms with Crippen molar-refractivity contribution in [2.75, 3.05) is 14.1 Å². The molecule has 0 heterocycles. The molecule has 0 spiro atoms. The van der Waals surface area contributed by atoms with E-state index in [4.69, 9.17) is 4.74 Å². The normalized spacial score (nSPS) is 14.0. The number of hydrogen-bond acceptors (Lipinski definition) is 2. The van der Waals surface area contributed by atoms with E-state index in [0.29, 0.717) is 0 Å². The van der Waals surface area contributed by atoms with Crippen LogP contribution < -0.4 is 0 Å². The number of ether oxygens (including phenoxy) is 1. The van der Waals surface area contributed by atoms with Gasteiger partial charge in [0.25, 0.3) is 0 Å². The minimum Gasteiger partial charge on any atom is -0.484 e. The Morgan fingerprint density at radius 2 is 1.94 bits per heavy atom. The molecule has 1 aromatic rings. The lowest BCUT2D eigenvalue weighted by atomic mass is 10.0. The van der Waals surface area contributed by atoms with Crippen molar-refractivity contribution < 1.29 is 4.74 Å². The second-order valence-corrected chi connectivity index (χ2v) is 3.99. The second kappa shape index (κ2) is 6.16. The Hall–Kier alpha value is -1.50. The fourth-order valence-corrected chi connectivity index (χ4v) is 1.51. The first-order valence-electron chi connectivity index (χ1n) is 5.38. The van der Waals surface area contributed by atoms with Gasteiger partial charge in [-0.2, -0.15) is 0 Å². The van der Waals surface area contributed by atoms with Crippen molar-refractivity contribution in [3.05, 3.63) is 54.5 Å². The van der Waals surface area contributed by atoms with E-state index in [9.17, 15) is 0 Å². The topological polar surface area (TPSA) is 12.5 Å². The van der Waals surface area contributed by atoms with Crippen molar-refractivity contribution in [1.29, 1.82) is 0 Å². The molecule has 0 saturated heterocycles. The first-order chi connectivity index (χ1) is 7.66. The minimum absolute atomic E-state index is 0.00505. The summed E-state index contributed by atoms with van der Waals surface area (Å²) < 4.78 is 5.66. The van der Waals surface area contributed by atoms with Crippen LogP contribution in [0.15, 0.2) is 48.9 Å². The summed E-state index contributed by atoms with van der Waals surface area (Å²) in [6.45, 7) is 5.64. The number of benzene rings is 1. The smallest absolute Gasteiger partial charge is 0.139 e. The Labute approximate surface area is 97.8 Å². The molecule has 0 N–H and O–H groups in total. The first kappa shape index (κ1) is 12.6. The molecule has 0 bridgehead atoms. The molecule has 0 amide bonds. The Bertz CT molecular complexity index is 352. The summed E-state index contributed by atoms with van der Waals surface area (Å²) in [7, 11) is 4.09. The standard InChI is InChI=1S/C14H19NO/c1-5-11-16-14(12(2)15(3)4)13-9-7-6-8-10-13/h6-12,14H,1H2,2-4H3/t12-,14+/m1/s1. The van der Waals surface area contributed by atoms with Gasteiger partial charge in [0.1, 0.15) is 12.4 Å². The minimum atomic E-state index is 0.00505. The van der Waals surface area contributed by atoms with Gasteiger partial charge in [-0.25, -0.2) is 0 Å². The van der Waals surface area contributed by atoms with Gasteiger partial charge in [-0.05, 0) is 26.6 Å². The van der Waals surface area contributed by atoms with Crippen molar-refractivity contribution in [3.8, 4) is 0 Å². The van der Waals surface area contributed by atoms with Crippen LogP contribution >= 0.6 is 0 Å². The summed E-state index contributed by atoms with van der Waals surface area (Å²) in [4.78, 5) is 2.13. The van der Waals surface area contributed by atoms with Gasteiger partial charge in [-0.15, -0.1) is 0 Å². The van der Waals surface area contributed by atoms with Crippen LogP contribution in [-0.2, 0) is 4.74 Å². The van der Waals surface area contributed by atoms with E-state index < -0.39 is 0 Å². The van der Waals surface area contributed by atoms with Crippen LogP contribution in [0.25, 0.3) is 0 Å².